The first-order valence-electron chi connectivity index (χ1n) is 18.5. The summed E-state index contributed by atoms with van der Waals surface area (Å²) >= 11 is 3.87. The van der Waals surface area contributed by atoms with Gasteiger partial charge < -0.3 is 0 Å². The normalized spacial score (nSPS) is 12.1. The molecular formula is C52H30S2. The zero-order valence-electron chi connectivity index (χ0n) is 29.1. The van der Waals surface area contributed by atoms with Gasteiger partial charge in [-0.3, -0.25) is 0 Å². The van der Waals surface area contributed by atoms with Gasteiger partial charge in [-0.1, -0.05) is 164 Å². The fourth-order valence-corrected chi connectivity index (χ4v) is 11.6. The van der Waals surface area contributed by atoms with Crippen LogP contribution in [0.15, 0.2) is 182 Å². The second-order valence-corrected chi connectivity index (χ2v) is 16.4. The molecule has 54 heavy (non-hydrogen) atoms. The van der Waals surface area contributed by atoms with Gasteiger partial charge in [0.1, 0.15) is 0 Å². The van der Waals surface area contributed by atoms with Crippen LogP contribution in [0.4, 0.5) is 0 Å². The summed E-state index contributed by atoms with van der Waals surface area (Å²) < 4.78 is 5.48. The quantitative estimate of drug-likeness (QED) is 0.160. The molecule has 12 aromatic rings. The highest BCUT2D eigenvalue weighted by atomic mass is 32.1. The zero-order chi connectivity index (χ0) is 35.3. The van der Waals surface area contributed by atoms with Gasteiger partial charge in [0.25, 0.3) is 0 Å². The van der Waals surface area contributed by atoms with Gasteiger partial charge in [0.2, 0.25) is 0 Å². The molecule has 10 aromatic carbocycles. The van der Waals surface area contributed by atoms with Gasteiger partial charge in [0, 0.05) is 30.9 Å². The molecule has 0 aliphatic heterocycles. The zero-order valence-corrected chi connectivity index (χ0v) is 30.8. The topological polar surface area (TPSA) is 0 Å². The van der Waals surface area contributed by atoms with Crippen molar-refractivity contribution in [3.63, 3.8) is 0 Å². The van der Waals surface area contributed by atoms with Crippen molar-refractivity contribution in [2.45, 2.75) is 0 Å². The van der Waals surface area contributed by atoms with E-state index in [1.165, 1.54) is 117 Å². The summed E-state index contributed by atoms with van der Waals surface area (Å²) in [6.45, 7) is 0. The van der Waals surface area contributed by atoms with Gasteiger partial charge >= 0.3 is 0 Å². The second kappa shape index (κ2) is 11.6. The Labute approximate surface area is 319 Å². The van der Waals surface area contributed by atoms with Crippen LogP contribution in [0.5, 0.6) is 0 Å². The third-order valence-corrected chi connectivity index (χ3v) is 13.9. The van der Waals surface area contributed by atoms with E-state index < -0.39 is 0 Å². The van der Waals surface area contributed by atoms with E-state index in [0.717, 1.165) is 0 Å². The van der Waals surface area contributed by atoms with Crippen LogP contribution in [0.2, 0.25) is 0 Å². The van der Waals surface area contributed by atoms with E-state index in [2.05, 4.69) is 182 Å². The average Bonchev–Trinajstić information content (AvgIpc) is 3.79. The molecule has 0 bridgehead atoms. The number of fused-ring (bicyclic) bond motifs is 11. The Morgan fingerprint density at radius 3 is 1.41 bits per heavy atom. The first kappa shape index (κ1) is 30.2. The van der Waals surface area contributed by atoms with Crippen LogP contribution in [-0.2, 0) is 0 Å². The predicted octanol–water partition coefficient (Wildman–Crippen LogP) is 16.0. The molecule has 0 atom stereocenters. The van der Waals surface area contributed by atoms with E-state index in [1.54, 1.807) is 0 Å². The molecule has 0 nitrogen and oxygen atoms in total. The molecule has 0 saturated carbocycles. The van der Waals surface area contributed by atoms with Crippen molar-refractivity contribution >= 4 is 106 Å². The predicted molar refractivity (Wildman–Crippen MR) is 239 cm³/mol. The fourth-order valence-electron chi connectivity index (χ4n) is 9.02. The van der Waals surface area contributed by atoms with Crippen molar-refractivity contribution < 1.29 is 0 Å². The average molecular weight is 719 g/mol. The lowest BCUT2D eigenvalue weighted by atomic mass is 9.84. The molecule has 2 heteroatoms. The highest BCUT2D eigenvalue weighted by Gasteiger charge is 2.20. The van der Waals surface area contributed by atoms with E-state index in [-0.39, 0.29) is 0 Å². The van der Waals surface area contributed by atoms with E-state index in [9.17, 15) is 0 Å². The number of hydrogen-bond donors (Lipinski definition) is 0. The molecule has 0 aliphatic rings. The summed E-state index contributed by atoms with van der Waals surface area (Å²) in [5.41, 5.74) is 7.62. The number of thiophene rings is 2. The summed E-state index contributed by atoms with van der Waals surface area (Å²) in [5, 5.41) is 15.7. The Bertz CT molecular complexity index is 3430. The molecule has 0 spiro atoms. The van der Waals surface area contributed by atoms with Crippen molar-refractivity contribution in [2.75, 3.05) is 0 Å². The molecule has 250 valence electrons. The fraction of sp³-hybridized carbons (Fsp3) is 0. The van der Waals surface area contributed by atoms with E-state index in [4.69, 9.17) is 0 Å². The molecule has 0 aliphatic carbocycles. The largest absolute Gasteiger partial charge is 0.134 e. The van der Waals surface area contributed by atoms with E-state index in [1.807, 2.05) is 22.7 Å². The highest BCUT2D eigenvalue weighted by molar-refractivity contribution is 7.33. The lowest BCUT2D eigenvalue weighted by molar-refractivity contribution is 1.66. The Hall–Kier alpha value is -6.32. The maximum Gasteiger partial charge on any atom is 0.0534 e. The molecular weight excluding hydrogens is 689 g/mol. The minimum Gasteiger partial charge on any atom is -0.134 e. The van der Waals surface area contributed by atoms with Crippen LogP contribution < -0.4 is 0 Å². The van der Waals surface area contributed by atoms with Crippen LogP contribution in [0.25, 0.3) is 117 Å². The van der Waals surface area contributed by atoms with E-state index in [0.29, 0.717) is 0 Å². The second-order valence-electron chi connectivity index (χ2n) is 14.3. The maximum absolute atomic E-state index is 2.42. The third kappa shape index (κ3) is 4.36. The minimum absolute atomic E-state index is 1.25. The van der Waals surface area contributed by atoms with Gasteiger partial charge in [-0.05, 0) is 94.7 Å². The molecule has 0 N–H and O–H groups in total. The molecule has 2 aromatic heterocycles. The number of rotatable bonds is 3. The number of benzene rings is 10. The lowest BCUT2D eigenvalue weighted by Gasteiger charge is -2.19. The van der Waals surface area contributed by atoms with Gasteiger partial charge in [-0.15, -0.1) is 22.7 Å². The summed E-state index contributed by atoms with van der Waals surface area (Å²) in [5.74, 6) is 0. The summed E-state index contributed by atoms with van der Waals surface area (Å²) in [7, 11) is 0. The summed E-state index contributed by atoms with van der Waals surface area (Å²) in [4.78, 5) is 0. The Balaban J connectivity index is 1.06. The van der Waals surface area contributed by atoms with Crippen molar-refractivity contribution in [3.8, 4) is 33.4 Å². The minimum atomic E-state index is 1.25. The summed E-state index contributed by atoms with van der Waals surface area (Å²) in [6, 6.07) is 67.7. The monoisotopic (exact) mass is 718 g/mol. The first-order chi connectivity index (χ1) is 26.8. The van der Waals surface area contributed by atoms with Crippen LogP contribution in [0, 0.1) is 0 Å². The lowest BCUT2D eigenvalue weighted by Crippen LogP contribution is -1.92. The first-order valence-corrected chi connectivity index (χ1v) is 20.1. The van der Waals surface area contributed by atoms with Gasteiger partial charge in [-0.2, -0.15) is 0 Å². The molecule has 0 amide bonds. The molecule has 0 radical (unpaired) electrons. The molecule has 2 heterocycles. The van der Waals surface area contributed by atoms with Crippen molar-refractivity contribution in [2.24, 2.45) is 0 Å². The van der Waals surface area contributed by atoms with Crippen molar-refractivity contribution in [1.29, 1.82) is 0 Å². The Kier molecular flexibility index (Phi) is 6.48. The maximum atomic E-state index is 2.42. The van der Waals surface area contributed by atoms with Gasteiger partial charge in [0.15, 0.2) is 0 Å². The van der Waals surface area contributed by atoms with Crippen LogP contribution >= 0.6 is 22.7 Å². The van der Waals surface area contributed by atoms with Crippen molar-refractivity contribution in [3.05, 3.63) is 182 Å². The van der Waals surface area contributed by atoms with Crippen LogP contribution in [0.1, 0.15) is 0 Å². The smallest absolute Gasteiger partial charge is 0.0534 e. The summed E-state index contributed by atoms with van der Waals surface area (Å²) in [6.07, 6.45) is 0. The molecule has 12 rings (SSSR count). The van der Waals surface area contributed by atoms with Crippen LogP contribution in [0.3, 0.4) is 0 Å². The van der Waals surface area contributed by atoms with Gasteiger partial charge in [-0.25, -0.2) is 0 Å². The molecule has 0 unspecified atom stereocenters. The molecule has 0 saturated heterocycles. The number of hydrogen-bond acceptors (Lipinski definition) is 2. The Morgan fingerprint density at radius 2 is 0.741 bits per heavy atom. The van der Waals surface area contributed by atoms with Crippen LogP contribution in [-0.4, -0.2) is 0 Å². The standard InChI is InChI=1S/C52H30S2/c1-2-12-31(13-3-1)49-39-18-8-10-20-41(39)50(42-21-11-9-19-40(42)49)43-25-24-35(36-16-6-7-17-37(36)43)34-22-23-38-44-26-27-45-46-28-32-14-4-5-15-33(32)29-48(46)54-52(45)51(44)53-47(38)30-34/h1-30H. The van der Waals surface area contributed by atoms with Gasteiger partial charge in [0.05, 0.1) is 9.40 Å². The highest BCUT2D eigenvalue weighted by Crippen LogP contribution is 2.48. The third-order valence-electron chi connectivity index (χ3n) is 11.4. The molecule has 0 fully saturated rings. The Morgan fingerprint density at radius 1 is 0.259 bits per heavy atom. The van der Waals surface area contributed by atoms with E-state index >= 15 is 0 Å². The SMILES string of the molecule is c1ccc(-c2c3ccccc3c(-c3ccc(-c4ccc5c(c4)sc4c5ccc5c6cc7ccccc7cc6sc54)c4ccccc34)c3ccccc23)cc1. The van der Waals surface area contributed by atoms with Crippen molar-refractivity contribution in [1.82, 2.24) is 0 Å².